The first-order chi connectivity index (χ1) is 11.5. The first-order valence-electron chi connectivity index (χ1n) is 8.44. The van der Waals surface area contributed by atoms with Gasteiger partial charge in [-0.3, -0.25) is 19.3 Å². The van der Waals surface area contributed by atoms with Crippen molar-refractivity contribution in [2.24, 2.45) is 5.92 Å². The number of likely N-dealkylation sites (tertiary alicyclic amines) is 1. The smallest absolute Gasteiger partial charge is 0.306 e. The number of anilines is 1. The number of carbonyl (C=O) groups excluding carboxylic acids is 2. The second-order valence-electron chi connectivity index (χ2n) is 6.42. The topological polar surface area (TPSA) is 77.9 Å². The molecule has 1 aromatic carbocycles. The molecule has 1 N–H and O–H groups in total. The molecule has 2 fully saturated rings. The number of carboxylic acids is 1. The van der Waals surface area contributed by atoms with Gasteiger partial charge in [0.05, 0.1) is 24.1 Å². The lowest BCUT2D eigenvalue weighted by Crippen LogP contribution is -2.46. The molecule has 0 bridgehead atoms. The minimum absolute atomic E-state index is 0.175. The van der Waals surface area contributed by atoms with E-state index in [0.29, 0.717) is 31.6 Å². The van der Waals surface area contributed by atoms with E-state index in [2.05, 4.69) is 0 Å². The first-order valence-corrected chi connectivity index (χ1v) is 8.44. The SMILES string of the molecule is CCc1ccccc1N1C(=O)C[C@@H](N2CCC(C(=O)O)CC2)C1=O. The number of imide groups is 1. The number of hydrogen-bond acceptors (Lipinski definition) is 4. The third-order valence-corrected chi connectivity index (χ3v) is 5.06. The molecule has 3 rings (SSSR count). The van der Waals surface area contributed by atoms with Gasteiger partial charge < -0.3 is 5.11 Å². The molecule has 0 saturated carbocycles. The van der Waals surface area contributed by atoms with Crippen LogP contribution in [-0.2, 0) is 20.8 Å². The van der Waals surface area contributed by atoms with Crippen LogP contribution < -0.4 is 4.90 Å². The highest BCUT2D eigenvalue weighted by atomic mass is 16.4. The van der Waals surface area contributed by atoms with Crippen LogP contribution in [0.3, 0.4) is 0 Å². The fourth-order valence-electron chi connectivity index (χ4n) is 3.64. The lowest BCUT2D eigenvalue weighted by atomic mass is 9.95. The zero-order valence-corrected chi connectivity index (χ0v) is 13.8. The minimum atomic E-state index is -0.776. The number of nitrogens with zero attached hydrogens (tertiary/aromatic N) is 2. The first kappa shape index (κ1) is 16.6. The second kappa shape index (κ2) is 6.73. The van der Waals surface area contributed by atoms with Crippen LogP contribution in [0.4, 0.5) is 5.69 Å². The largest absolute Gasteiger partial charge is 0.481 e. The predicted molar refractivity (Wildman–Crippen MR) is 88.7 cm³/mol. The lowest BCUT2D eigenvalue weighted by molar-refractivity contribution is -0.143. The maximum absolute atomic E-state index is 12.8. The zero-order valence-electron chi connectivity index (χ0n) is 13.8. The molecule has 6 heteroatoms. The Morgan fingerprint density at radius 3 is 2.50 bits per heavy atom. The number of carbonyl (C=O) groups is 3. The van der Waals surface area contributed by atoms with E-state index >= 15 is 0 Å². The van der Waals surface area contributed by atoms with Crippen molar-refractivity contribution in [2.45, 2.75) is 38.6 Å². The fourth-order valence-corrected chi connectivity index (χ4v) is 3.64. The highest BCUT2D eigenvalue weighted by Gasteiger charge is 2.44. The van der Waals surface area contributed by atoms with Crippen LogP contribution in [0.1, 0.15) is 31.7 Å². The average Bonchev–Trinajstić information content (AvgIpc) is 2.89. The number of aliphatic carboxylic acids is 1. The number of para-hydroxylation sites is 1. The molecule has 2 heterocycles. The van der Waals surface area contributed by atoms with E-state index in [4.69, 9.17) is 5.11 Å². The molecule has 1 aromatic rings. The molecule has 2 saturated heterocycles. The number of carboxylic acid groups (broad SMARTS) is 1. The molecule has 2 aliphatic heterocycles. The maximum atomic E-state index is 12.8. The molecule has 0 unspecified atom stereocenters. The summed E-state index contributed by atoms with van der Waals surface area (Å²) in [6, 6.07) is 7.02. The van der Waals surface area contributed by atoms with Crippen molar-refractivity contribution in [1.29, 1.82) is 0 Å². The summed E-state index contributed by atoms with van der Waals surface area (Å²) in [7, 11) is 0. The van der Waals surface area contributed by atoms with Crippen LogP contribution in [0.25, 0.3) is 0 Å². The highest BCUT2D eigenvalue weighted by molar-refractivity contribution is 6.22. The van der Waals surface area contributed by atoms with Crippen molar-refractivity contribution >= 4 is 23.5 Å². The molecule has 2 aliphatic rings. The van der Waals surface area contributed by atoms with Gasteiger partial charge in [0.15, 0.2) is 0 Å². The van der Waals surface area contributed by atoms with E-state index in [1.807, 2.05) is 36.1 Å². The highest BCUT2D eigenvalue weighted by Crippen LogP contribution is 2.30. The summed E-state index contributed by atoms with van der Waals surface area (Å²) in [5, 5.41) is 9.08. The van der Waals surface area contributed by atoms with Crippen LogP contribution in [0, 0.1) is 5.92 Å². The Balaban J connectivity index is 1.76. The Kier molecular flexibility index (Phi) is 4.66. The summed E-state index contributed by atoms with van der Waals surface area (Å²) in [5.41, 5.74) is 1.65. The molecule has 128 valence electrons. The summed E-state index contributed by atoms with van der Waals surface area (Å²) >= 11 is 0. The van der Waals surface area contributed by atoms with Crippen LogP contribution in [-0.4, -0.2) is 46.9 Å². The number of piperidine rings is 1. The average molecular weight is 330 g/mol. The van der Waals surface area contributed by atoms with E-state index < -0.39 is 12.0 Å². The van der Waals surface area contributed by atoms with E-state index in [1.54, 1.807) is 0 Å². The molecule has 1 atom stereocenters. The van der Waals surface area contributed by atoms with Gasteiger partial charge in [-0.25, -0.2) is 4.90 Å². The molecule has 24 heavy (non-hydrogen) atoms. The second-order valence-corrected chi connectivity index (χ2v) is 6.42. The van der Waals surface area contributed by atoms with Gasteiger partial charge in [-0.1, -0.05) is 25.1 Å². The standard InChI is InChI=1S/C18H22N2O4/c1-2-12-5-3-4-6-14(12)20-16(21)11-15(17(20)22)19-9-7-13(8-10-19)18(23)24/h3-6,13,15H,2,7-11H2,1H3,(H,23,24)/t15-/m1/s1. The van der Waals surface area contributed by atoms with Gasteiger partial charge in [-0.2, -0.15) is 0 Å². The van der Waals surface area contributed by atoms with Gasteiger partial charge in [0.2, 0.25) is 5.91 Å². The Morgan fingerprint density at radius 1 is 1.21 bits per heavy atom. The molecule has 0 spiro atoms. The van der Waals surface area contributed by atoms with Crippen molar-refractivity contribution in [1.82, 2.24) is 4.90 Å². The van der Waals surface area contributed by atoms with Gasteiger partial charge in [0.1, 0.15) is 0 Å². The third-order valence-electron chi connectivity index (χ3n) is 5.06. The molecule has 0 aromatic heterocycles. The van der Waals surface area contributed by atoms with Crippen LogP contribution in [0.5, 0.6) is 0 Å². The van der Waals surface area contributed by atoms with Gasteiger partial charge >= 0.3 is 5.97 Å². The number of rotatable bonds is 4. The quantitative estimate of drug-likeness (QED) is 0.850. The molecule has 2 amide bonds. The Bertz CT molecular complexity index is 665. The number of hydrogen-bond donors (Lipinski definition) is 1. The Morgan fingerprint density at radius 2 is 1.88 bits per heavy atom. The maximum Gasteiger partial charge on any atom is 0.306 e. The Labute approximate surface area is 141 Å². The summed E-state index contributed by atoms with van der Waals surface area (Å²) in [6.45, 7) is 3.09. The van der Waals surface area contributed by atoms with Gasteiger partial charge in [-0.15, -0.1) is 0 Å². The monoisotopic (exact) mass is 330 g/mol. The van der Waals surface area contributed by atoms with Crippen molar-refractivity contribution < 1.29 is 19.5 Å². The molecule has 0 radical (unpaired) electrons. The molecular formula is C18H22N2O4. The number of aryl methyl sites for hydroxylation is 1. The fraction of sp³-hybridized carbons (Fsp3) is 0.500. The summed E-state index contributed by atoms with van der Waals surface area (Å²) < 4.78 is 0. The third kappa shape index (κ3) is 2.94. The number of amides is 2. The van der Waals surface area contributed by atoms with Gasteiger partial charge in [-0.05, 0) is 44.0 Å². The normalized spacial score (nSPS) is 23.0. The van der Waals surface area contributed by atoms with Crippen LogP contribution >= 0.6 is 0 Å². The lowest BCUT2D eigenvalue weighted by Gasteiger charge is -2.33. The summed E-state index contributed by atoms with van der Waals surface area (Å²) in [6.07, 6.45) is 1.98. The molecule has 0 aliphatic carbocycles. The van der Waals surface area contributed by atoms with E-state index in [-0.39, 0.29) is 24.2 Å². The number of benzene rings is 1. The van der Waals surface area contributed by atoms with Crippen molar-refractivity contribution in [3.63, 3.8) is 0 Å². The zero-order chi connectivity index (χ0) is 17.3. The summed E-state index contributed by atoms with van der Waals surface area (Å²) in [4.78, 5) is 39.6. The van der Waals surface area contributed by atoms with E-state index in [1.165, 1.54) is 4.90 Å². The van der Waals surface area contributed by atoms with Crippen molar-refractivity contribution in [2.75, 3.05) is 18.0 Å². The van der Waals surface area contributed by atoms with Gasteiger partial charge in [0.25, 0.3) is 5.91 Å². The summed E-state index contributed by atoms with van der Waals surface area (Å²) in [5.74, 6) is -1.48. The van der Waals surface area contributed by atoms with Crippen LogP contribution in [0.2, 0.25) is 0 Å². The minimum Gasteiger partial charge on any atom is -0.481 e. The van der Waals surface area contributed by atoms with E-state index in [0.717, 1.165) is 12.0 Å². The Hall–Kier alpha value is -2.21. The van der Waals surface area contributed by atoms with Crippen molar-refractivity contribution in [3.8, 4) is 0 Å². The van der Waals surface area contributed by atoms with Crippen LogP contribution in [0.15, 0.2) is 24.3 Å². The molecular weight excluding hydrogens is 308 g/mol. The molecule has 6 nitrogen and oxygen atoms in total. The van der Waals surface area contributed by atoms with E-state index in [9.17, 15) is 14.4 Å². The van der Waals surface area contributed by atoms with Crippen molar-refractivity contribution in [3.05, 3.63) is 29.8 Å². The predicted octanol–water partition coefficient (Wildman–Crippen LogP) is 1.68. The van der Waals surface area contributed by atoms with Gasteiger partial charge in [0, 0.05) is 0 Å².